The average molecular weight is 283 g/mol. The number of rotatable bonds is 6. The zero-order valence-corrected chi connectivity index (χ0v) is 13.1. The molecule has 2 rings (SSSR count). The topological polar surface area (TPSA) is 61.5 Å². The van der Waals surface area contributed by atoms with Crippen molar-refractivity contribution in [3.63, 3.8) is 0 Å². The Bertz CT molecular complexity index is 266. The number of hydrogen-bond acceptors (Lipinski definition) is 4. The highest BCUT2D eigenvalue weighted by atomic mass is 16.3. The highest BCUT2D eigenvalue weighted by molar-refractivity contribution is 4.86. The smallest absolute Gasteiger partial charge is 0.0553 e. The number of piperidine rings is 1. The van der Waals surface area contributed by atoms with Crippen molar-refractivity contribution in [3.8, 4) is 0 Å². The molecule has 2 aliphatic rings. The van der Waals surface area contributed by atoms with Crippen LogP contribution in [0, 0.1) is 11.8 Å². The van der Waals surface area contributed by atoms with Gasteiger partial charge in [-0.15, -0.1) is 0 Å². The summed E-state index contributed by atoms with van der Waals surface area (Å²) in [5.41, 5.74) is 5.69. The number of nitrogens with two attached hydrogens (primary N) is 1. The molecule has 0 aromatic carbocycles. The molecule has 1 saturated carbocycles. The second-order valence-electron chi connectivity index (χ2n) is 6.89. The summed E-state index contributed by atoms with van der Waals surface area (Å²) in [4.78, 5) is 2.42. The van der Waals surface area contributed by atoms with Crippen molar-refractivity contribution in [3.05, 3.63) is 0 Å². The molecule has 0 aromatic rings. The lowest BCUT2D eigenvalue weighted by atomic mass is 9.87. The van der Waals surface area contributed by atoms with Crippen molar-refractivity contribution < 1.29 is 5.11 Å². The Labute approximate surface area is 124 Å². The molecule has 3 unspecified atom stereocenters. The van der Waals surface area contributed by atoms with E-state index in [4.69, 9.17) is 5.73 Å². The van der Waals surface area contributed by atoms with E-state index in [1.54, 1.807) is 0 Å². The molecule has 0 aromatic heterocycles. The predicted octanol–water partition coefficient (Wildman–Crippen LogP) is 1.19. The van der Waals surface area contributed by atoms with Gasteiger partial charge in [-0.2, -0.15) is 0 Å². The van der Waals surface area contributed by atoms with E-state index in [1.165, 1.54) is 32.1 Å². The van der Waals surface area contributed by atoms with E-state index in [-0.39, 0.29) is 6.10 Å². The molecular formula is C16H33N3O. The number of hydrogen-bond donors (Lipinski definition) is 3. The van der Waals surface area contributed by atoms with Gasteiger partial charge in [-0.3, -0.25) is 0 Å². The van der Waals surface area contributed by atoms with Crippen molar-refractivity contribution in [2.45, 2.75) is 57.6 Å². The van der Waals surface area contributed by atoms with Crippen molar-refractivity contribution in [2.24, 2.45) is 17.6 Å². The third-order valence-corrected chi connectivity index (χ3v) is 5.11. The highest BCUT2D eigenvalue weighted by Gasteiger charge is 2.29. The molecule has 1 saturated heterocycles. The van der Waals surface area contributed by atoms with Crippen LogP contribution >= 0.6 is 0 Å². The molecule has 4 nitrogen and oxygen atoms in total. The molecule has 0 amide bonds. The van der Waals surface area contributed by atoms with E-state index in [1.807, 2.05) is 6.92 Å². The predicted molar refractivity (Wildman–Crippen MR) is 83.6 cm³/mol. The van der Waals surface area contributed by atoms with Gasteiger partial charge in [0.05, 0.1) is 6.10 Å². The van der Waals surface area contributed by atoms with Crippen LogP contribution < -0.4 is 11.1 Å². The van der Waals surface area contributed by atoms with Crippen molar-refractivity contribution in [2.75, 3.05) is 32.7 Å². The number of nitrogens with zero attached hydrogens (tertiary/aromatic N) is 1. The summed E-state index contributed by atoms with van der Waals surface area (Å²) in [6, 6.07) is 0.525. The number of likely N-dealkylation sites (tertiary alicyclic amines) is 1. The van der Waals surface area contributed by atoms with Gasteiger partial charge in [-0.1, -0.05) is 19.3 Å². The van der Waals surface area contributed by atoms with E-state index in [0.717, 1.165) is 38.5 Å². The lowest BCUT2D eigenvalue weighted by molar-refractivity contribution is 0.0482. The van der Waals surface area contributed by atoms with Gasteiger partial charge in [0.25, 0.3) is 0 Å². The molecule has 2 fully saturated rings. The van der Waals surface area contributed by atoms with Crippen LogP contribution in [0.1, 0.15) is 45.4 Å². The van der Waals surface area contributed by atoms with Gasteiger partial charge in [0.2, 0.25) is 0 Å². The van der Waals surface area contributed by atoms with E-state index in [0.29, 0.717) is 18.5 Å². The molecule has 1 heterocycles. The fourth-order valence-corrected chi connectivity index (χ4v) is 3.82. The van der Waals surface area contributed by atoms with Crippen LogP contribution in [0.25, 0.3) is 0 Å². The van der Waals surface area contributed by atoms with Gasteiger partial charge in [-0.25, -0.2) is 0 Å². The fourth-order valence-electron chi connectivity index (χ4n) is 3.82. The van der Waals surface area contributed by atoms with Crippen molar-refractivity contribution in [1.29, 1.82) is 0 Å². The minimum absolute atomic E-state index is 0.213. The first-order chi connectivity index (χ1) is 9.69. The molecule has 4 N–H and O–H groups in total. The van der Waals surface area contributed by atoms with Gasteiger partial charge in [0.1, 0.15) is 0 Å². The van der Waals surface area contributed by atoms with E-state index >= 15 is 0 Å². The molecule has 1 aliphatic carbocycles. The quantitative estimate of drug-likeness (QED) is 0.685. The van der Waals surface area contributed by atoms with Gasteiger partial charge in [0.15, 0.2) is 0 Å². The maximum atomic E-state index is 9.91. The molecule has 1 aliphatic heterocycles. The number of aliphatic hydroxyl groups excluding tert-OH is 1. The molecule has 4 heteroatoms. The number of nitrogens with one attached hydrogen (secondary N) is 1. The van der Waals surface area contributed by atoms with Crippen molar-refractivity contribution in [1.82, 2.24) is 10.2 Å². The first-order valence-corrected chi connectivity index (χ1v) is 8.53. The summed E-state index contributed by atoms with van der Waals surface area (Å²) in [7, 11) is 0. The van der Waals surface area contributed by atoms with Gasteiger partial charge >= 0.3 is 0 Å². The average Bonchev–Trinajstić information content (AvgIpc) is 2.46. The van der Waals surface area contributed by atoms with Gasteiger partial charge in [0, 0.05) is 32.2 Å². The Hall–Kier alpha value is -0.160. The Balaban J connectivity index is 1.78. The second-order valence-corrected chi connectivity index (χ2v) is 6.89. The second kappa shape index (κ2) is 8.32. The standard InChI is InChI=1S/C16H33N3O/c1-13(20)15-9-16(12-19(11-15)8-7-17)18-10-14-5-3-2-4-6-14/h13-16,18,20H,2-12,17H2,1H3. The van der Waals surface area contributed by atoms with Crippen LogP contribution in [0.15, 0.2) is 0 Å². The van der Waals surface area contributed by atoms with E-state index in [2.05, 4.69) is 10.2 Å². The molecule has 118 valence electrons. The Morgan fingerprint density at radius 2 is 2.00 bits per heavy atom. The maximum Gasteiger partial charge on any atom is 0.0553 e. The summed E-state index contributed by atoms with van der Waals surface area (Å²) < 4.78 is 0. The summed E-state index contributed by atoms with van der Waals surface area (Å²) in [5, 5.41) is 13.7. The van der Waals surface area contributed by atoms with Crippen LogP contribution in [0.5, 0.6) is 0 Å². The number of aliphatic hydroxyl groups is 1. The molecule has 0 radical (unpaired) electrons. The molecule has 0 spiro atoms. The zero-order chi connectivity index (χ0) is 14.4. The van der Waals surface area contributed by atoms with Crippen molar-refractivity contribution >= 4 is 0 Å². The van der Waals surface area contributed by atoms with Crippen LogP contribution in [-0.2, 0) is 0 Å². The van der Waals surface area contributed by atoms with E-state index < -0.39 is 0 Å². The van der Waals surface area contributed by atoms with Crippen LogP contribution in [-0.4, -0.2) is 54.9 Å². The largest absolute Gasteiger partial charge is 0.393 e. The summed E-state index contributed by atoms with van der Waals surface area (Å²) in [6.07, 6.45) is 7.92. The van der Waals surface area contributed by atoms with Gasteiger partial charge in [-0.05, 0) is 44.6 Å². The Morgan fingerprint density at radius 1 is 1.25 bits per heavy atom. The molecule has 0 bridgehead atoms. The minimum Gasteiger partial charge on any atom is -0.393 e. The summed E-state index contributed by atoms with van der Waals surface area (Å²) >= 11 is 0. The van der Waals surface area contributed by atoms with Crippen LogP contribution in [0.2, 0.25) is 0 Å². The lowest BCUT2D eigenvalue weighted by Crippen LogP contribution is -2.53. The minimum atomic E-state index is -0.213. The van der Waals surface area contributed by atoms with Crippen LogP contribution in [0.3, 0.4) is 0 Å². The van der Waals surface area contributed by atoms with E-state index in [9.17, 15) is 5.11 Å². The highest BCUT2D eigenvalue weighted by Crippen LogP contribution is 2.24. The lowest BCUT2D eigenvalue weighted by Gasteiger charge is -2.40. The monoisotopic (exact) mass is 283 g/mol. The maximum absolute atomic E-state index is 9.91. The Kier molecular flexibility index (Phi) is 6.75. The Morgan fingerprint density at radius 3 is 2.65 bits per heavy atom. The fraction of sp³-hybridized carbons (Fsp3) is 1.00. The summed E-state index contributed by atoms with van der Waals surface area (Å²) in [6.45, 7) is 6.83. The SMILES string of the molecule is CC(O)C1CC(NCC2CCCCC2)CN(CCN)C1. The third-order valence-electron chi connectivity index (χ3n) is 5.11. The van der Waals surface area contributed by atoms with Crippen LogP contribution in [0.4, 0.5) is 0 Å². The zero-order valence-electron chi connectivity index (χ0n) is 13.1. The normalized spacial score (nSPS) is 31.4. The summed E-state index contributed by atoms with van der Waals surface area (Å²) in [5.74, 6) is 1.26. The first kappa shape index (κ1) is 16.2. The molecule has 3 atom stereocenters. The first-order valence-electron chi connectivity index (χ1n) is 8.53. The molecular weight excluding hydrogens is 250 g/mol. The molecule has 20 heavy (non-hydrogen) atoms. The van der Waals surface area contributed by atoms with Gasteiger partial charge < -0.3 is 21.1 Å². The third kappa shape index (κ3) is 4.99.